The van der Waals surface area contributed by atoms with Gasteiger partial charge in [-0.25, -0.2) is 0 Å². The number of carbonyl (C=O) groups is 1. The maximum atomic E-state index is 12.2. The fraction of sp³-hybridized carbons (Fsp3) is 0.750. The maximum Gasteiger partial charge on any atom is 0.222 e. The van der Waals surface area contributed by atoms with E-state index < -0.39 is 0 Å². The van der Waals surface area contributed by atoms with Gasteiger partial charge >= 0.3 is 0 Å². The van der Waals surface area contributed by atoms with Crippen molar-refractivity contribution in [1.29, 1.82) is 0 Å². The summed E-state index contributed by atoms with van der Waals surface area (Å²) in [6.07, 6.45) is 7.55. The first-order valence-corrected chi connectivity index (χ1v) is 8.30. The standard InChI is InChI=1S/C16H29N5O/c1-17-8-3-5-16(22)19(2)15-6-11-20(12-7-15)13-14-21-10-4-9-18-21/h4,9-10,15,17H,3,5-8,11-14H2,1-2H3. The molecule has 1 aliphatic heterocycles. The molecule has 22 heavy (non-hydrogen) atoms. The second-order valence-corrected chi connectivity index (χ2v) is 6.05. The molecule has 1 N–H and O–H groups in total. The zero-order valence-electron chi connectivity index (χ0n) is 13.9. The summed E-state index contributed by atoms with van der Waals surface area (Å²) in [4.78, 5) is 16.6. The van der Waals surface area contributed by atoms with Crippen LogP contribution in [0.2, 0.25) is 0 Å². The summed E-state index contributed by atoms with van der Waals surface area (Å²) in [5.74, 6) is 0.283. The number of nitrogens with one attached hydrogen (secondary N) is 1. The van der Waals surface area contributed by atoms with Crippen molar-refractivity contribution in [1.82, 2.24) is 24.9 Å². The first-order valence-electron chi connectivity index (χ1n) is 8.30. The number of aromatic nitrogens is 2. The minimum atomic E-state index is 0.283. The first kappa shape index (κ1) is 17.0. The molecule has 0 radical (unpaired) electrons. The molecule has 0 bridgehead atoms. The normalized spacial score (nSPS) is 16.8. The average molecular weight is 307 g/mol. The van der Waals surface area contributed by atoms with Crippen molar-refractivity contribution in [2.24, 2.45) is 0 Å². The summed E-state index contributed by atoms with van der Waals surface area (Å²) >= 11 is 0. The van der Waals surface area contributed by atoms with Crippen LogP contribution in [-0.2, 0) is 11.3 Å². The molecule has 2 heterocycles. The van der Waals surface area contributed by atoms with Crippen molar-refractivity contribution >= 4 is 5.91 Å². The van der Waals surface area contributed by atoms with Gasteiger partial charge in [0.05, 0.1) is 6.54 Å². The minimum Gasteiger partial charge on any atom is -0.343 e. The van der Waals surface area contributed by atoms with E-state index in [1.807, 2.05) is 42.1 Å². The third-order valence-electron chi connectivity index (χ3n) is 4.52. The van der Waals surface area contributed by atoms with E-state index in [-0.39, 0.29) is 5.91 Å². The molecule has 1 amide bonds. The smallest absolute Gasteiger partial charge is 0.222 e. The lowest BCUT2D eigenvalue weighted by Gasteiger charge is -2.36. The van der Waals surface area contributed by atoms with E-state index in [1.165, 1.54) is 0 Å². The van der Waals surface area contributed by atoms with E-state index in [1.54, 1.807) is 0 Å². The Morgan fingerprint density at radius 2 is 2.14 bits per heavy atom. The van der Waals surface area contributed by atoms with E-state index in [2.05, 4.69) is 15.3 Å². The summed E-state index contributed by atoms with van der Waals surface area (Å²) in [6, 6.07) is 2.36. The number of likely N-dealkylation sites (tertiary alicyclic amines) is 1. The van der Waals surface area contributed by atoms with Gasteiger partial charge in [0.2, 0.25) is 5.91 Å². The largest absolute Gasteiger partial charge is 0.343 e. The lowest BCUT2D eigenvalue weighted by Crippen LogP contribution is -2.46. The molecule has 0 aromatic carbocycles. The molecule has 0 unspecified atom stereocenters. The molecule has 1 aromatic heterocycles. The topological polar surface area (TPSA) is 53.4 Å². The van der Waals surface area contributed by atoms with Gasteiger partial charge in [-0.2, -0.15) is 5.10 Å². The molecule has 124 valence electrons. The molecule has 6 heteroatoms. The van der Waals surface area contributed by atoms with Crippen molar-refractivity contribution in [2.45, 2.75) is 38.3 Å². The Morgan fingerprint density at radius 3 is 2.77 bits per heavy atom. The second kappa shape index (κ2) is 8.90. The summed E-state index contributed by atoms with van der Waals surface area (Å²) in [6.45, 7) is 5.02. The molecule has 1 saturated heterocycles. The minimum absolute atomic E-state index is 0.283. The molecule has 0 saturated carbocycles. The lowest BCUT2D eigenvalue weighted by atomic mass is 10.0. The number of hydrogen-bond acceptors (Lipinski definition) is 4. The molecule has 6 nitrogen and oxygen atoms in total. The zero-order valence-corrected chi connectivity index (χ0v) is 13.9. The molecule has 0 spiro atoms. The monoisotopic (exact) mass is 307 g/mol. The molecule has 0 aliphatic carbocycles. The SMILES string of the molecule is CNCCCC(=O)N(C)C1CCN(CCn2cccn2)CC1. The predicted octanol–water partition coefficient (Wildman–Crippen LogP) is 0.806. The van der Waals surface area contributed by atoms with Crippen molar-refractivity contribution in [2.75, 3.05) is 40.3 Å². The van der Waals surface area contributed by atoms with Crippen LogP contribution >= 0.6 is 0 Å². The quantitative estimate of drug-likeness (QED) is 0.722. The highest BCUT2D eigenvalue weighted by Gasteiger charge is 2.24. The summed E-state index contributed by atoms with van der Waals surface area (Å²) in [7, 11) is 3.89. The van der Waals surface area contributed by atoms with Crippen LogP contribution in [0.3, 0.4) is 0 Å². The van der Waals surface area contributed by atoms with E-state index in [0.29, 0.717) is 12.5 Å². The highest BCUT2D eigenvalue weighted by molar-refractivity contribution is 5.76. The van der Waals surface area contributed by atoms with E-state index >= 15 is 0 Å². The molecular formula is C16H29N5O. The van der Waals surface area contributed by atoms with Crippen LogP contribution in [-0.4, -0.2) is 71.8 Å². The van der Waals surface area contributed by atoms with Gasteiger partial charge in [-0.15, -0.1) is 0 Å². The van der Waals surface area contributed by atoms with Crippen LogP contribution < -0.4 is 5.32 Å². The summed E-state index contributed by atoms with van der Waals surface area (Å²) < 4.78 is 1.98. The van der Waals surface area contributed by atoms with Crippen LogP contribution in [0.15, 0.2) is 18.5 Å². The number of amides is 1. The van der Waals surface area contributed by atoms with Gasteiger partial charge in [0.1, 0.15) is 0 Å². The second-order valence-electron chi connectivity index (χ2n) is 6.05. The molecule has 2 rings (SSSR count). The van der Waals surface area contributed by atoms with E-state index in [9.17, 15) is 4.79 Å². The van der Waals surface area contributed by atoms with Crippen LogP contribution in [0.25, 0.3) is 0 Å². The molecule has 1 aliphatic rings. The van der Waals surface area contributed by atoms with Crippen molar-refractivity contribution in [3.05, 3.63) is 18.5 Å². The van der Waals surface area contributed by atoms with Gasteiger partial charge in [0.15, 0.2) is 0 Å². The first-order chi connectivity index (χ1) is 10.7. The van der Waals surface area contributed by atoms with Crippen LogP contribution in [0, 0.1) is 0 Å². The van der Waals surface area contributed by atoms with E-state index in [0.717, 1.165) is 52.0 Å². The van der Waals surface area contributed by atoms with Gasteiger partial charge in [0, 0.05) is 51.5 Å². The Kier molecular flexibility index (Phi) is 6.86. The Bertz CT molecular complexity index is 426. The Labute approximate surface area is 133 Å². The van der Waals surface area contributed by atoms with E-state index in [4.69, 9.17) is 0 Å². The Balaban J connectivity index is 1.66. The fourth-order valence-electron chi connectivity index (χ4n) is 3.00. The maximum absolute atomic E-state index is 12.2. The number of carbonyl (C=O) groups excluding carboxylic acids is 1. The van der Waals surface area contributed by atoms with Crippen LogP contribution in [0.5, 0.6) is 0 Å². The van der Waals surface area contributed by atoms with Crippen molar-refractivity contribution in [3.63, 3.8) is 0 Å². The molecule has 0 atom stereocenters. The predicted molar refractivity (Wildman–Crippen MR) is 87.6 cm³/mol. The Hall–Kier alpha value is -1.40. The molecular weight excluding hydrogens is 278 g/mol. The highest BCUT2D eigenvalue weighted by Crippen LogP contribution is 2.16. The zero-order chi connectivity index (χ0) is 15.8. The number of rotatable bonds is 8. The molecule has 1 aromatic rings. The average Bonchev–Trinajstić information content (AvgIpc) is 3.06. The summed E-state index contributed by atoms with van der Waals surface area (Å²) in [5, 5.41) is 7.32. The van der Waals surface area contributed by atoms with Crippen LogP contribution in [0.1, 0.15) is 25.7 Å². The number of hydrogen-bond donors (Lipinski definition) is 1. The van der Waals surface area contributed by atoms with Gasteiger partial charge in [-0.1, -0.05) is 0 Å². The highest BCUT2D eigenvalue weighted by atomic mass is 16.2. The number of piperidine rings is 1. The van der Waals surface area contributed by atoms with Crippen molar-refractivity contribution < 1.29 is 4.79 Å². The van der Waals surface area contributed by atoms with Gasteiger partial charge in [-0.05, 0) is 38.9 Å². The molecule has 1 fully saturated rings. The van der Waals surface area contributed by atoms with Gasteiger partial charge in [-0.3, -0.25) is 9.48 Å². The Morgan fingerprint density at radius 1 is 1.36 bits per heavy atom. The third-order valence-corrected chi connectivity index (χ3v) is 4.52. The lowest BCUT2D eigenvalue weighted by molar-refractivity contribution is -0.132. The summed E-state index contributed by atoms with van der Waals surface area (Å²) in [5.41, 5.74) is 0. The van der Waals surface area contributed by atoms with Crippen molar-refractivity contribution in [3.8, 4) is 0 Å². The number of nitrogens with zero attached hydrogens (tertiary/aromatic N) is 4. The van der Waals surface area contributed by atoms with Gasteiger partial charge < -0.3 is 15.1 Å². The third kappa shape index (κ3) is 5.10. The van der Waals surface area contributed by atoms with Gasteiger partial charge in [0.25, 0.3) is 0 Å². The fourth-order valence-corrected chi connectivity index (χ4v) is 3.00. The van der Waals surface area contributed by atoms with Crippen LogP contribution in [0.4, 0.5) is 0 Å².